The molecular formula is C47H57F3IrNO2S-. The molecule has 55 heavy (non-hydrogen) atoms. The fourth-order valence-electron chi connectivity index (χ4n) is 6.64. The van der Waals surface area contributed by atoms with Crippen molar-refractivity contribution in [2.75, 3.05) is 0 Å². The number of ketones is 1. The van der Waals surface area contributed by atoms with Crippen LogP contribution in [0.5, 0.6) is 0 Å². The van der Waals surface area contributed by atoms with E-state index in [-0.39, 0.29) is 71.8 Å². The van der Waals surface area contributed by atoms with Crippen LogP contribution in [0.1, 0.15) is 118 Å². The number of aliphatic hydroxyl groups is 1. The molecule has 1 N–H and O–H groups in total. The quantitative estimate of drug-likeness (QED) is 0.0815. The van der Waals surface area contributed by atoms with E-state index in [1.54, 1.807) is 24.3 Å². The van der Waals surface area contributed by atoms with Gasteiger partial charge in [-0.1, -0.05) is 116 Å². The zero-order valence-corrected chi connectivity index (χ0v) is 36.4. The van der Waals surface area contributed by atoms with Gasteiger partial charge < -0.3 is 5.11 Å². The fraction of sp³-hybridized carbons (Fsp3) is 0.447. The van der Waals surface area contributed by atoms with Gasteiger partial charge in [-0.15, -0.1) is 40.5 Å². The Morgan fingerprint density at radius 1 is 0.927 bits per heavy atom. The Morgan fingerprint density at radius 3 is 2.09 bits per heavy atom. The van der Waals surface area contributed by atoms with Crippen LogP contribution >= 0.6 is 11.3 Å². The molecule has 3 aromatic carbocycles. The first-order chi connectivity index (χ1) is 27.7. The molecule has 299 valence electrons. The number of allylic oxidation sites excluding steroid dienone is 2. The maximum atomic E-state index is 13.5. The minimum Gasteiger partial charge on any atom is -0.512 e. The third-order valence-electron chi connectivity index (χ3n) is 10.3. The second-order valence-electron chi connectivity index (χ2n) is 15.7. The monoisotopic (exact) mass is 955 g/mol. The van der Waals surface area contributed by atoms with E-state index in [9.17, 15) is 23.1 Å². The molecule has 0 saturated heterocycles. The van der Waals surface area contributed by atoms with Crippen LogP contribution < -0.4 is 0 Å². The van der Waals surface area contributed by atoms with Crippen LogP contribution in [0.3, 0.4) is 0 Å². The van der Waals surface area contributed by atoms with Gasteiger partial charge in [0, 0.05) is 67.7 Å². The number of hydrogen-bond acceptors (Lipinski definition) is 4. The van der Waals surface area contributed by atoms with Crippen LogP contribution in [-0.2, 0) is 36.7 Å². The standard InChI is InChI=1S/C34H33F3NS.C13H24O2.Ir/c1-20-19-38-29(25-16-24-10-8-9-11-26(24)27(17-25)32(3,4)5)31-28(20)21(2)30(39-31)23-14-12-22(13-15-23)18-33(6,7)34(35,36)37;1-5-10(6-2)12(14)9-13(15)11(7-3)8-4;/h8-15,17,19H,18H2,1-7H3;9-11,14H,5-8H2,1-4H3;/q-1;;/b;12-9-;/i1D3,2D3;;. The summed E-state index contributed by atoms with van der Waals surface area (Å²) < 4.78 is 91.2. The second-order valence-corrected chi connectivity index (χ2v) is 16.7. The summed E-state index contributed by atoms with van der Waals surface area (Å²) in [5.41, 5.74) is 0.482. The SMILES string of the molecule is CCC(CC)C(=O)/C=C(\O)C(CC)CC.[2H]C([2H])([2H])c1cnc(-c2[c-]c3ccccc3c(C(C)(C)C)c2)c2sc(-c3ccc(CC(C)(C)C(F)(F)F)cc3)c(C([2H])([2H])[2H])c12.[Ir]. The van der Waals surface area contributed by atoms with Crippen molar-refractivity contribution in [3.05, 3.63) is 101 Å². The maximum Gasteiger partial charge on any atom is 0.394 e. The number of halogens is 3. The number of nitrogens with zero attached hydrogens (tertiary/aromatic N) is 1. The van der Waals surface area contributed by atoms with Gasteiger partial charge in [0.05, 0.1) is 11.2 Å². The summed E-state index contributed by atoms with van der Waals surface area (Å²) >= 11 is 1.13. The summed E-state index contributed by atoms with van der Waals surface area (Å²) in [4.78, 5) is 16.6. The smallest absolute Gasteiger partial charge is 0.394 e. The average molecular weight is 955 g/mol. The first-order valence-electron chi connectivity index (χ1n) is 21.7. The van der Waals surface area contributed by atoms with Crippen LogP contribution in [0, 0.1) is 37.0 Å². The number of alkyl halides is 3. The molecule has 0 unspecified atom stereocenters. The Labute approximate surface area is 352 Å². The van der Waals surface area contributed by atoms with E-state index in [0.29, 0.717) is 32.0 Å². The predicted octanol–water partition coefficient (Wildman–Crippen LogP) is 14.5. The molecule has 0 aliphatic carbocycles. The number of carbonyl (C=O) groups excluding carboxylic acids is 1. The molecule has 0 amide bonds. The first-order valence-corrected chi connectivity index (χ1v) is 19.5. The molecule has 2 heterocycles. The Balaban J connectivity index is 0.000000530. The predicted molar refractivity (Wildman–Crippen MR) is 222 cm³/mol. The Hall–Kier alpha value is -3.32. The van der Waals surface area contributed by atoms with Gasteiger partial charge in [0.2, 0.25) is 0 Å². The van der Waals surface area contributed by atoms with Gasteiger partial charge in [-0.25, -0.2) is 0 Å². The van der Waals surface area contributed by atoms with Crippen molar-refractivity contribution >= 4 is 38.0 Å². The number of thiophene rings is 1. The number of hydrogen-bond donors (Lipinski definition) is 1. The molecular weight excluding hydrogens is 892 g/mol. The van der Waals surface area contributed by atoms with Crippen LogP contribution in [0.25, 0.3) is 42.6 Å². The van der Waals surface area contributed by atoms with Crippen LogP contribution in [0.4, 0.5) is 13.2 Å². The Kier molecular flexibility index (Phi) is 12.7. The molecule has 0 spiro atoms. The molecule has 3 nitrogen and oxygen atoms in total. The molecule has 1 radical (unpaired) electrons. The number of carbonyl (C=O) groups is 1. The number of benzene rings is 3. The van der Waals surface area contributed by atoms with Gasteiger partial charge in [-0.2, -0.15) is 13.2 Å². The van der Waals surface area contributed by atoms with Crippen LogP contribution in [0.15, 0.2) is 72.6 Å². The minimum absolute atomic E-state index is 0. The van der Waals surface area contributed by atoms with Crippen LogP contribution in [0.2, 0.25) is 0 Å². The summed E-state index contributed by atoms with van der Waals surface area (Å²) in [7, 11) is 0. The molecule has 0 fully saturated rings. The third kappa shape index (κ3) is 10.6. The normalized spacial score (nSPS) is 14.7. The van der Waals surface area contributed by atoms with Gasteiger partial charge in [-0.3, -0.25) is 9.78 Å². The van der Waals surface area contributed by atoms with E-state index < -0.39 is 25.3 Å². The first kappa shape index (κ1) is 37.3. The summed E-state index contributed by atoms with van der Waals surface area (Å²) in [5, 5.41) is 11.7. The van der Waals surface area contributed by atoms with E-state index in [1.807, 2.05) is 58.0 Å². The molecule has 0 aliphatic heterocycles. The number of aromatic nitrogens is 1. The van der Waals surface area contributed by atoms with Crippen molar-refractivity contribution in [1.82, 2.24) is 4.98 Å². The number of aliphatic hydroxyl groups excluding tert-OH is 1. The number of aryl methyl sites for hydroxylation is 2. The molecule has 2 aromatic heterocycles. The molecule has 5 rings (SSSR count). The number of fused-ring (bicyclic) bond motifs is 2. The van der Waals surface area contributed by atoms with Gasteiger partial charge in [0.15, 0.2) is 5.78 Å². The molecule has 5 aromatic rings. The summed E-state index contributed by atoms with van der Waals surface area (Å²) in [5.74, 6) is 0.547. The van der Waals surface area contributed by atoms with Crippen molar-refractivity contribution in [2.24, 2.45) is 17.3 Å². The second kappa shape index (κ2) is 18.7. The Morgan fingerprint density at radius 2 is 1.55 bits per heavy atom. The Bertz CT molecular complexity index is 2320. The van der Waals surface area contributed by atoms with Crippen molar-refractivity contribution < 1.29 is 51.4 Å². The van der Waals surface area contributed by atoms with E-state index in [1.165, 1.54) is 12.3 Å². The molecule has 0 saturated carbocycles. The van der Waals surface area contributed by atoms with Crippen molar-refractivity contribution in [1.29, 1.82) is 0 Å². The van der Waals surface area contributed by atoms with E-state index in [4.69, 9.17) is 8.22 Å². The topological polar surface area (TPSA) is 50.2 Å². The number of rotatable bonds is 11. The summed E-state index contributed by atoms with van der Waals surface area (Å²) in [6, 6.07) is 19.6. The zero-order chi connectivity index (χ0) is 45.2. The maximum absolute atomic E-state index is 13.5. The van der Waals surface area contributed by atoms with E-state index in [2.05, 4.69) is 31.8 Å². The molecule has 0 bridgehead atoms. The summed E-state index contributed by atoms with van der Waals surface area (Å²) in [6.45, 7) is 11.3. The van der Waals surface area contributed by atoms with Crippen molar-refractivity contribution in [3.63, 3.8) is 0 Å². The van der Waals surface area contributed by atoms with Gasteiger partial charge in [0.25, 0.3) is 0 Å². The van der Waals surface area contributed by atoms with Crippen molar-refractivity contribution in [3.8, 4) is 21.7 Å². The van der Waals surface area contributed by atoms with Crippen molar-refractivity contribution in [2.45, 2.75) is 120 Å². The number of pyridine rings is 1. The minimum atomic E-state index is -4.40. The molecule has 8 heteroatoms. The van der Waals surface area contributed by atoms with Crippen LogP contribution in [-0.4, -0.2) is 22.1 Å². The van der Waals surface area contributed by atoms with E-state index in [0.717, 1.165) is 67.2 Å². The summed E-state index contributed by atoms with van der Waals surface area (Å²) in [6.07, 6.45) is 1.50. The fourth-order valence-corrected chi connectivity index (χ4v) is 7.88. The zero-order valence-electron chi connectivity index (χ0n) is 39.2. The van der Waals surface area contributed by atoms with Gasteiger partial charge >= 0.3 is 6.18 Å². The van der Waals surface area contributed by atoms with Gasteiger partial charge in [-0.05, 0) is 78.9 Å². The molecule has 0 aliphatic rings. The average Bonchev–Trinajstić information content (AvgIpc) is 3.56. The largest absolute Gasteiger partial charge is 0.512 e. The molecule has 0 atom stereocenters. The van der Waals surface area contributed by atoms with E-state index >= 15 is 0 Å². The van der Waals surface area contributed by atoms with Gasteiger partial charge in [0.1, 0.15) is 0 Å². The third-order valence-corrected chi connectivity index (χ3v) is 11.5.